The lowest BCUT2D eigenvalue weighted by Crippen LogP contribution is -1.97. The lowest BCUT2D eigenvalue weighted by molar-refractivity contribution is 0.101. The van der Waals surface area contributed by atoms with Crippen molar-refractivity contribution in [1.29, 1.82) is 0 Å². The van der Waals surface area contributed by atoms with Crippen LogP contribution in [-0.4, -0.2) is 12.6 Å². The quantitative estimate of drug-likeness (QED) is 0.586. The predicted molar refractivity (Wildman–Crippen MR) is 75.0 cm³/mol. The van der Waals surface area contributed by atoms with Crippen LogP contribution >= 0.6 is 0 Å². The molecule has 0 amide bonds. The van der Waals surface area contributed by atoms with Gasteiger partial charge in [-0.1, -0.05) is 30.0 Å². The van der Waals surface area contributed by atoms with Gasteiger partial charge < -0.3 is 9.47 Å². The second-order valence-corrected chi connectivity index (χ2v) is 4.42. The second-order valence-electron chi connectivity index (χ2n) is 4.42. The van der Waals surface area contributed by atoms with Crippen molar-refractivity contribution in [2.45, 2.75) is 6.92 Å². The third-order valence-electron chi connectivity index (χ3n) is 3.01. The molecule has 2 aromatic rings. The lowest BCUT2D eigenvalue weighted by atomic mass is 10.0. The first kappa shape index (κ1) is 12.3. The molecule has 0 spiro atoms. The molecule has 3 rings (SSSR count). The van der Waals surface area contributed by atoms with E-state index in [1.807, 2.05) is 30.3 Å². The topological polar surface area (TPSA) is 35.5 Å². The molecule has 0 saturated heterocycles. The molecule has 1 aliphatic rings. The molecule has 0 radical (unpaired) electrons. The Morgan fingerprint density at radius 3 is 2.45 bits per heavy atom. The minimum Gasteiger partial charge on any atom is -0.454 e. The van der Waals surface area contributed by atoms with E-state index in [0.717, 1.165) is 5.56 Å². The molecule has 0 aliphatic carbocycles. The Labute approximate surface area is 117 Å². The van der Waals surface area contributed by atoms with Gasteiger partial charge in [-0.05, 0) is 25.1 Å². The van der Waals surface area contributed by atoms with Gasteiger partial charge in [0.2, 0.25) is 6.79 Å². The van der Waals surface area contributed by atoms with Crippen LogP contribution in [0.5, 0.6) is 11.5 Å². The standard InChI is InChI=1S/C17H12O3/c1-12(18)15-10-17-16(19-11-20-17)9-14(15)8-7-13-5-3-2-4-6-13/h2-6,9-10H,11H2,1H3. The number of hydrogen-bond acceptors (Lipinski definition) is 3. The van der Waals surface area contributed by atoms with Crippen LogP contribution in [0.3, 0.4) is 0 Å². The number of ketones is 1. The molecule has 3 nitrogen and oxygen atoms in total. The first-order chi connectivity index (χ1) is 9.74. The molecule has 0 saturated carbocycles. The third-order valence-corrected chi connectivity index (χ3v) is 3.01. The maximum atomic E-state index is 11.7. The molecule has 0 unspecified atom stereocenters. The summed E-state index contributed by atoms with van der Waals surface area (Å²) in [6, 6.07) is 13.1. The highest BCUT2D eigenvalue weighted by molar-refractivity contribution is 5.97. The summed E-state index contributed by atoms with van der Waals surface area (Å²) >= 11 is 0. The van der Waals surface area contributed by atoms with Crippen molar-refractivity contribution in [1.82, 2.24) is 0 Å². The Morgan fingerprint density at radius 2 is 1.75 bits per heavy atom. The summed E-state index contributed by atoms with van der Waals surface area (Å²) in [6.07, 6.45) is 0. The van der Waals surface area contributed by atoms with Gasteiger partial charge in [0.05, 0.1) is 0 Å². The van der Waals surface area contributed by atoms with Gasteiger partial charge in [0, 0.05) is 22.8 Å². The molecule has 98 valence electrons. The molecule has 0 atom stereocenters. The SMILES string of the molecule is CC(=O)c1cc2c(cc1C#Cc1ccccc1)OCO2. The number of hydrogen-bond donors (Lipinski definition) is 0. The van der Waals surface area contributed by atoms with Gasteiger partial charge in [-0.15, -0.1) is 0 Å². The van der Waals surface area contributed by atoms with Gasteiger partial charge in [0.15, 0.2) is 17.3 Å². The van der Waals surface area contributed by atoms with Crippen molar-refractivity contribution in [3.8, 4) is 23.3 Å². The highest BCUT2D eigenvalue weighted by atomic mass is 16.7. The van der Waals surface area contributed by atoms with E-state index < -0.39 is 0 Å². The maximum Gasteiger partial charge on any atom is 0.231 e. The van der Waals surface area contributed by atoms with E-state index in [2.05, 4.69) is 11.8 Å². The number of ether oxygens (including phenoxy) is 2. The normalized spacial score (nSPS) is 11.7. The zero-order chi connectivity index (χ0) is 13.9. The average Bonchev–Trinajstić information content (AvgIpc) is 2.92. The summed E-state index contributed by atoms with van der Waals surface area (Å²) < 4.78 is 10.6. The van der Waals surface area contributed by atoms with Crippen molar-refractivity contribution in [2.24, 2.45) is 0 Å². The van der Waals surface area contributed by atoms with Crippen LogP contribution in [-0.2, 0) is 0 Å². The number of Topliss-reactive ketones (excluding diaryl/α,β-unsaturated/α-hetero) is 1. The summed E-state index contributed by atoms with van der Waals surface area (Å²) in [7, 11) is 0. The smallest absolute Gasteiger partial charge is 0.231 e. The number of rotatable bonds is 1. The summed E-state index contributed by atoms with van der Waals surface area (Å²) in [4.78, 5) is 11.7. The predicted octanol–water partition coefficient (Wildman–Crippen LogP) is 3.02. The van der Waals surface area contributed by atoms with Crippen molar-refractivity contribution < 1.29 is 14.3 Å². The van der Waals surface area contributed by atoms with Crippen LogP contribution in [0.4, 0.5) is 0 Å². The van der Waals surface area contributed by atoms with Crippen molar-refractivity contribution in [2.75, 3.05) is 6.79 Å². The largest absolute Gasteiger partial charge is 0.454 e. The summed E-state index contributed by atoms with van der Waals surface area (Å²) in [6.45, 7) is 1.70. The molecule has 2 aromatic carbocycles. The highest BCUT2D eigenvalue weighted by Gasteiger charge is 2.18. The molecule has 3 heteroatoms. The van der Waals surface area contributed by atoms with E-state index in [-0.39, 0.29) is 12.6 Å². The summed E-state index contributed by atoms with van der Waals surface area (Å²) in [5.74, 6) is 7.27. The van der Waals surface area contributed by atoms with Gasteiger partial charge in [-0.3, -0.25) is 4.79 Å². The lowest BCUT2D eigenvalue weighted by Gasteiger charge is -2.03. The van der Waals surface area contributed by atoms with Crippen LogP contribution in [0.2, 0.25) is 0 Å². The Kier molecular flexibility index (Phi) is 3.14. The van der Waals surface area contributed by atoms with E-state index in [1.165, 1.54) is 6.92 Å². The zero-order valence-corrected chi connectivity index (χ0v) is 11.0. The fourth-order valence-corrected chi connectivity index (χ4v) is 2.00. The van der Waals surface area contributed by atoms with Gasteiger partial charge >= 0.3 is 0 Å². The van der Waals surface area contributed by atoms with E-state index >= 15 is 0 Å². The van der Waals surface area contributed by atoms with Crippen LogP contribution in [0.15, 0.2) is 42.5 Å². The highest BCUT2D eigenvalue weighted by Crippen LogP contribution is 2.34. The molecule has 0 N–H and O–H groups in total. The van der Waals surface area contributed by atoms with Crippen LogP contribution in [0, 0.1) is 11.8 Å². The number of fused-ring (bicyclic) bond motifs is 1. The molecular formula is C17H12O3. The van der Waals surface area contributed by atoms with Crippen LogP contribution < -0.4 is 9.47 Å². The third kappa shape index (κ3) is 2.36. The van der Waals surface area contributed by atoms with Gasteiger partial charge in [0.1, 0.15) is 0 Å². The number of carbonyl (C=O) groups excluding carboxylic acids is 1. The van der Waals surface area contributed by atoms with Gasteiger partial charge in [-0.2, -0.15) is 0 Å². The minimum atomic E-state index is -0.0411. The Hall–Kier alpha value is -2.73. The van der Waals surface area contributed by atoms with Crippen molar-refractivity contribution in [3.63, 3.8) is 0 Å². The molecule has 1 aliphatic heterocycles. The molecule has 0 aromatic heterocycles. The summed E-state index contributed by atoms with van der Waals surface area (Å²) in [5.41, 5.74) is 2.11. The van der Waals surface area contributed by atoms with Crippen LogP contribution in [0.1, 0.15) is 28.4 Å². The van der Waals surface area contributed by atoms with Gasteiger partial charge in [-0.25, -0.2) is 0 Å². The summed E-state index contributed by atoms with van der Waals surface area (Å²) in [5, 5.41) is 0. The fourth-order valence-electron chi connectivity index (χ4n) is 2.00. The van der Waals surface area contributed by atoms with E-state index in [0.29, 0.717) is 22.6 Å². The molecule has 0 bridgehead atoms. The van der Waals surface area contributed by atoms with E-state index in [4.69, 9.17) is 9.47 Å². The Bertz CT molecular complexity index is 721. The van der Waals surface area contributed by atoms with Crippen LogP contribution in [0.25, 0.3) is 0 Å². The molecular weight excluding hydrogens is 252 g/mol. The van der Waals surface area contributed by atoms with Gasteiger partial charge in [0.25, 0.3) is 0 Å². The first-order valence-electron chi connectivity index (χ1n) is 6.26. The van der Waals surface area contributed by atoms with Crippen molar-refractivity contribution >= 4 is 5.78 Å². The Balaban J connectivity index is 2.05. The monoisotopic (exact) mass is 264 g/mol. The maximum absolute atomic E-state index is 11.7. The van der Waals surface area contributed by atoms with E-state index in [1.54, 1.807) is 12.1 Å². The first-order valence-corrected chi connectivity index (χ1v) is 6.26. The van der Waals surface area contributed by atoms with Crippen molar-refractivity contribution in [3.05, 3.63) is 59.2 Å². The Morgan fingerprint density at radius 1 is 1.05 bits per heavy atom. The molecule has 20 heavy (non-hydrogen) atoms. The number of carbonyl (C=O) groups is 1. The fraction of sp³-hybridized carbons (Fsp3) is 0.118. The zero-order valence-electron chi connectivity index (χ0n) is 11.0. The minimum absolute atomic E-state index is 0.0411. The average molecular weight is 264 g/mol. The molecule has 0 fully saturated rings. The number of benzene rings is 2. The molecule has 1 heterocycles. The van der Waals surface area contributed by atoms with E-state index in [9.17, 15) is 4.79 Å². The second kappa shape index (κ2) is 5.10.